The molecule has 1 fully saturated rings. The van der Waals surface area contributed by atoms with Crippen molar-refractivity contribution in [1.29, 1.82) is 0 Å². The fraction of sp³-hybridized carbons (Fsp3) is 0.538. The number of hydrogen-bond acceptors (Lipinski definition) is 6. The molecule has 1 aromatic heterocycles. The average Bonchev–Trinajstić information content (AvgIpc) is 2.52. The molecule has 1 aromatic rings. The minimum absolute atomic E-state index is 0.0132. The number of nitrogens with two attached hydrogens (primary N) is 1. The fourth-order valence-corrected chi connectivity index (χ4v) is 2.38. The Labute approximate surface area is 117 Å². The van der Waals surface area contributed by atoms with Crippen LogP contribution in [0, 0.1) is 0 Å². The third-order valence-electron chi connectivity index (χ3n) is 3.36. The van der Waals surface area contributed by atoms with Gasteiger partial charge in [0.25, 0.3) is 0 Å². The van der Waals surface area contributed by atoms with Crippen LogP contribution < -0.4 is 10.6 Å². The van der Waals surface area contributed by atoms with Gasteiger partial charge in [0, 0.05) is 19.3 Å². The molecule has 7 nitrogen and oxygen atoms in total. The van der Waals surface area contributed by atoms with E-state index in [-0.39, 0.29) is 18.5 Å². The van der Waals surface area contributed by atoms with Crippen molar-refractivity contribution in [3.8, 4) is 0 Å². The van der Waals surface area contributed by atoms with E-state index in [2.05, 4.69) is 15.0 Å². The van der Waals surface area contributed by atoms with E-state index in [9.17, 15) is 0 Å². The predicted octanol–water partition coefficient (Wildman–Crippen LogP) is 0.154. The van der Waals surface area contributed by atoms with E-state index in [4.69, 9.17) is 20.8 Å². The molecule has 1 aliphatic heterocycles. The minimum Gasteiger partial charge on any atom is -0.409 e. The van der Waals surface area contributed by atoms with Gasteiger partial charge in [0.15, 0.2) is 5.84 Å². The predicted molar refractivity (Wildman–Crippen MR) is 75.0 cm³/mol. The Balaban J connectivity index is 2.04. The summed E-state index contributed by atoms with van der Waals surface area (Å²) in [7, 11) is 0. The zero-order chi connectivity index (χ0) is 14.4. The Hall–Kier alpha value is -1.86. The molecule has 0 aromatic carbocycles. The van der Waals surface area contributed by atoms with Crippen molar-refractivity contribution in [3.63, 3.8) is 0 Å². The van der Waals surface area contributed by atoms with Gasteiger partial charge in [-0.2, -0.15) is 0 Å². The van der Waals surface area contributed by atoms with Crippen molar-refractivity contribution in [1.82, 2.24) is 4.98 Å². The minimum atomic E-state index is 0.0132. The number of oxime groups is 1. The zero-order valence-electron chi connectivity index (χ0n) is 11.3. The topological polar surface area (TPSA) is 104 Å². The molecule has 0 atom stereocenters. The summed E-state index contributed by atoms with van der Waals surface area (Å²) in [5.41, 5.74) is 7.01. The molecular weight excluding hydrogens is 260 g/mol. The summed E-state index contributed by atoms with van der Waals surface area (Å²) in [6.45, 7) is 2.06. The van der Waals surface area contributed by atoms with Crippen LogP contribution in [0.3, 0.4) is 0 Å². The Morgan fingerprint density at radius 1 is 1.50 bits per heavy atom. The number of aromatic nitrogens is 1. The SMILES string of the molecule is N/C(=N/O)c1ncccc1N1CCC(OCCO)CC1. The highest BCUT2D eigenvalue weighted by Gasteiger charge is 2.22. The number of piperidine rings is 1. The maximum Gasteiger partial charge on any atom is 0.190 e. The highest BCUT2D eigenvalue weighted by Crippen LogP contribution is 2.23. The monoisotopic (exact) mass is 280 g/mol. The molecule has 2 heterocycles. The molecule has 1 aliphatic rings. The number of nitrogens with zero attached hydrogens (tertiary/aromatic N) is 3. The summed E-state index contributed by atoms with van der Waals surface area (Å²) >= 11 is 0. The molecule has 110 valence electrons. The highest BCUT2D eigenvalue weighted by atomic mass is 16.5. The maximum atomic E-state index is 8.81. The third-order valence-corrected chi connectivity index (χ3v) is 3.36. The van der Waals surface area contributed by atoms with Crippen LogP contribution in [0.15, 0.2) is 23.5 Å². The van der Waals surface area contributed by atoms with Crippen molar-refractivity contribution in [2.24, 2.45) is 10.9 Å². The lowest BCUT2D eigenvalue weighted by molar-refractivity contribution is 0.0159. The van der Waals surface area contributed by atoms with Crippen LogP contribution in [-0.4, -0.2) is 53.5 Å². The Morgan fingerprint density at radius 3 is 2.90 bits per heavy atom. The molecule has 1 saturated heterocycles. The molecule has 0 aliphatic carbocycles. The number of rotatable bonds is 5. The van der Waals surface area contributed by atoms with Gasteiger partial charge in [-0.05, 0) is 25.0 Å². The van der Waals surface area contributed by atoms with Crippen LogP contribution >= 0.6 is 0 Å². The number of hydrogen-bond donors (Lipinski definition) is 3. The van der Waals surface area contributed by atoms with E-state index in [1.54, 1.807) is 6.20 Å². The second kappa shape index (κ2) is 7.06. The fourth-order valence-electron chi connectivity index (χ4n) is 2.38. The first-order valence-electron chi connectivity index (χ1n) is 6.66. The van der Waals surface area contributed by atoms with Gasteiger partial charge < -0.3 is 25.7 Å². The van der Waals surface area contributed by atoms with Crippen molar-refractivity contribution >= 4 is 11.5 Å². The van der Waals surface area contributed by atoms with Crippen molar-refractivity contribution in [2.45, 2.75) is 18.9 Å². The highest BCUT2D eigenvalue weighted by molar-refractivity contribution is 6.00. The van der Waals surface area contributed by atoms with Crippen LogP contribution in [0.5, 0.6) is 0 Å². The molecule has 0 spiro atoms. The third kappa shape index (κ3) is 3.37. The smallest absolute Gasteiger partial charge is 0.190 e. The van der Waals surface area contributed by atoms with Crippen LogP contribution in [0.1, 0.15) is 18.5 Å². The number of ether oxygens (including phenoxy) is 1. The van der Waals surface area contributed by atoms with Crippen LogP contribution in [-0.2, 0) is 4.74 Å². The quantitative estimate of drug-likeness (QED) is 0.307. The van der Waals surface area contributed by atoms with E-state index < -0.39 is 0 Å². The Bertz CT molecular complexity index is 459. The number of aliphatic hydroxyl groups excluding tert-OH is 1. The number of anilines is 1. The van der Waals surface area contributed by atoms with Crippen molar-refractivity contribution in [2.75, 3.05) is 31.2 Å². The van der Waals surface area contributed by atoms with Gasteiger partial charge in [0.05, 0.1) is 25.0 Å². The normalized spacial score (nSPS) is 17.4. The molecule has 0 saturated carbocycles. The zero-order valence-corrected chi connectivity index (χ0v) is 11.3. The van der Waals surface area contributed by atoms with Gasteiger partial charge >= 0.3 is 0 Å². The van der Waals surface area contributed by atoms with Gasteiger partial charge in [-0.25, -0.2) is 0 Å². The van der Waals surface area contributed by atoms with Crippen molar-refractivity contribution < 1.29 is 15.1 Å². The number of aliphatic hydroxyl groups is 1. The Kier molecular flexibility index (Phi) is 5.14. The largest absolute Gasteiger partial charge is 0.409 e. The van der Waals surface area contributed by atoms with E-state index in [1.165, 1.54) is 0 Å². The van der Waals surface area contributed by atoms with E-state index in [1.807, 2.05) is 12.1 Å². The molecule has 0 bridgehead atoms. The lowest BCUT2D eigenvalue weighted by atomic mass is 10.1. The second-order valence-electron chi connectivity index (χ2n) is 4.64. The van der Waals surface area contributed by atoms with Gasteiger partial charge in [-0.1, -0.05) is 5.16 Å². The van der Waals surface area contributed by atoms with Gasteiger partial charge in [-0.15, -0.1) is 0 Å². The number of pyridine rings is 1. The van der Waals surface area contributed by atoms with Gasteiger partial charge in [0.2, 0.25) is 0 Å². The Morgan fingerprint density at radius 2 is 2.25 bits per heavy atom. The van der Waals surface area contributed by atoms with Crippen LogP contribution in [0.25, 0.3) is 0 Å². The summed E-state index contributed by atoms with van der Waals surface area (Å²) in [5.74, 6) is 0.0132. The molecule has 20 heavy (non-hydrogen) atoms. The molecular formula is C13H20N4O3. The summed E-state index contributed by atoms with van der Waals surface area (Å²) in [6.07, 6.45) is 3.56. The average molecular weight is 280 g/mol. The molecule has 0 amide bonds. The lowest BCUT2D eigenvalue weighted by Crippen LogP contribution is -2.38. The molecule has 4 N–H and O–H groups in total. The first-order chi connectivity index (χ1) is 9.76. The van der Waals surface area contributed by atoms with Gasteiger partial charge in [-0.3, -0.25) is 4.98 Å². The first kappa shape index (κ1) is 14.5. The second-order valence-corrected chi connectivity index (χ2v) is 4.64. The summed E-state index contributed by atoms with van der Waals surface area (Å²) in [5, 5.41) is 20.6. The number of amidine groups is 1. The first-order valence-corrected chi connectivity index (χ1v) is 6.66. The van der Waals surface area contributed by atoms with E-state index in [0.717, 1.165) is 31.6 Å². The molecule has 2 rings (SSSR count). The van der Waals surface area contributed by atoms with Gasteiger partial charge in [0.1, 0.15) is 5.69 Å². The summed E-state index contributed by atoms with van der Waals surface area (Å²) in [6, 6.07) is 3.74. The molecule has 0 unspecified atom stereocenters. The van der Waals surface area contributed by atoms with E-state index in [0.29, 0.717) is 12.3 Å². The standard InChI is InChI=1S/C13H20N4O3/c14-13(16-19)12-11(2-1-5-15-12)17-6-3-10(4-7-17)20-9-8-18/h1-2,5,10,18-19H,3-4,6-9H2,(H2,14,16). The maximum absolute atomic E-state index is 8.81. The van der Waals surface area contributed by atoms with E-state index >= 15 is 0 Å². The lowest BCUT2D eigenvalue weighted by Gasteiger charge is -2.34. The summed E-state index contributed by atoms with van der Waals surface area (Å²) < 4.78 is 5.53. The van der Waals surface area contributed by atoms with Crippen molar-refractivity contribution in [3.05, 3.63) is 24.0 Å². The van der Waals surface area contributed by atoms with Crippen LogP contribution in [0.4, 0.5) is 5.69 Å². The van der Waals surface area contributed by atoms with Crippen LogP contribution in [0.2, 0.25) is 0 Å². The summed E-state index contributed by atoms with van der Waals surface area (Å²) in [4.78, 5) is 6.32. The molecule has 7 heteroatoms. The molecule has 0 radical (unpaired) electrons.